The third kappa shape index (κ3) is 4.01. The number of benzene rings is 1. The molecule has 0 spiro atoms. The van der Waals surface area contributed by atoms with E-state index in [4.69, 9.17) is 5.11 Å². The Morgan fingerprint density at radius 3 is 2.55 bits per heavy atom. The molecule has 0 bridgehead atoms. The number of hydrogen-bond acceptors (Lipinski definition) is 3. The summed E-state index contributed by atoms with van der Waals surface area (Å²) in [5.74, 6) is -0.352. The van der Waals surface area contributed by atoms with Crippen molar-refractivity contribution in [1.29, 1.82) is 0 Å². The minimum absolute atomic E-state index is 0.131. The van der Waals surface area contributed by atoms with Crippen LogP contribution in [0.1, 0.15) is 43.8 Å². The van der Waals surface area contributed by atoms with Gasteiger partial charge in [-0.15, -0.1) is 0 Å². The summed E-state index contributed by atoms with van der Waals surface area (Å²) >= 11 is 0. The molecular weight excluding hydrogens is 257 g/mol. The Hall–Kier alpha value is -0.970. The van der Waals surface area contributed by atoms with Crippen molar-refractivity contribution in [2.24, 2.45) is 0 Å². The first-order chi connectivity index (χ1) is 9.72. The number of halogens is 1. The van der Waals surface area contributed by atoms with Gasteiger partial charge in [0.05, 0.1) is 12.7 Å². The van der Waals surface area contributed by atoms with E-state index in [1.165, 1.54) is 18.9 Å². The summed E-state index contributed by atoms with van der Waals surface area (Å²) in [6.07, 6.45) is 4.52. The second kappa shape index (κ2) is 7.72. The van der Waals surface area contributed by atoms with Crippen molar-refractivity contribution >= 4 is 0 Å². The molecule has 20 heavy (non-hydrogen) atoms. The van der Waals surface area contributed by atoms with Gasteiger partial charge >= 0.3 is 0 Å². The molecule has 1 aliphatic rings. The Labute approximate surface area is 120 Å². The van der Waals surface area contributed by atoms with Crippen LogP contribution >= 0.6 is 0 Å². The van der Waals surface area contributed by atoms with Crippen molar-refractivity contribution in [2.75, 3.05) is 19.7 Å². The summed E-state index contributed by atoms with van der Waals surface area (Å²) in [6, 6.07) is 6.88. The molecular formula is C16H24FNO2. The summed E-state index contributed by atoms with van der Waals surface area (Å²) in [6.45, 7) is 1.46. The molecule has 0 radical (unpaired) electrons. The quantitative estimate of drug-likeness (QED) is 0.807. The Morgan fingerprint density at radius 2 is 1.90 bits per heavy atom. The van der Waals surface area contributed by atoms with Gasteiger partial charge in [0.1, 0.15) is 5.82 Å². The Balaban J connectivity index is 1.89. The number of hydrogen-bond donors (Lipinski definition) is 2. The van der Waals surface area contributed by atoms with Crippen LogP contribution in [0.2, 0.25) is 0 Å². The molecule has 3 nitrogen and oxygen atoms in total. The second-order valence-corrected chi connectivity index (χ2v) is 5.52. The molecule has 2 N–H and O–H groups in total. The van der Waals surface area contributed by atoms with Crippen molar-refractivity contribution in [3.8, 4) is 0 Å². The first-order valence-electron chi connectivity index (χ1n) is 7.49. The van der Waals surface area contributed by atoms with Gasteiger partial charge in [0.2, 0.25) is 0 Å². The van der Waals surface area contributed by atoms with Gasteiger partial charge in [-0.2, -0.15) is 0 Å². The molecule has 1 aliphatic carbocycles. The topological polar surface area (TPSA) is 43.7 Å². The van der Waals surface area contributed by atoms with Gasteiger partial charge in [0.15, 0.2) is 0 Å². The van der Waals surface area contributed by atoms with E-state index in [0.29, 0.717) is 31.1 Å². The van der Waals surface area contributed by atoms with Crippen LogP contribution in [0.15, 0.2) is 24.3 Å². The number of aliphatic hydroxyl groups excluding tert-OH is 2. The SMILES string of the molecule is OCCN(CCC(O)c1ccccc1F)C1CCCC1. The molecule has 0 saturated heterocycles. The largest absolute Gasteiger partial charge is 0.395 e. The first kappa shape index (κ1) is 15.4. The van der Waals surface area contributed by atoms with Gasteiger partial charge in [-0.1, -0.05) is 31.0 Å². The van der Waals surface area contributed by atoms with Gasteiger partial charge in [-0.05, 0) is 25.3 Å². The lowest BCUT2D eigenvalue weighted by atomic mass is 10.1. The molecule has 0 amide bonds. The van der Waals surface area contributed by atoms with E-state index >= 15 is 0 Å². The van der Waals surface area contributed by atoms with E-state index in [1.54, 1.807) is 18.2 Å². The maximum atomic E-state index is 13.6. The van der Waals surface area contributed by atoms with Crippen LogP contribution in [0.5, 0.6) is 0 Å². The van der Waals surface area contributed by atoms with Gasteiger partial charge in [0.25, 0.3) is 0 Å². The number of aliphatic hydroxyl groups is 2. The van der Waals surface area contributed by atoms with Gasteiger partial charge < -0.3 is 10.2 Å². The summed E-state index contributed by atoms with van der Waals surface area (Å²) in [4.78, 5) is 2.23. The first-order valence-corrected chi connectivity index (χ1v) is 7.49. The molecule has 1 aromatic rings. The fraction of sp³-hybridized carbons (Fsp3) is 0.625. The van der Waals surface area contributed by atoms with Crippen molar-refractivity contribution in [1.82, 2.24) is 4.90 Å². The Morgan fingerprint density at radius 1 is 1.20 bits per heavy atom. The number of nitrogens with zero attached hydrogens (tertiary/aromatic N) is 1. The molecule has 1 atom stereocenters. The lowest BCUT2D eigenvalue weighted by molar-refractivity contribution is 0.106. The minimum atomic E-state index is -0.779. The van der Waals surface area contributed by atoms with Crippen LogP contribution in [0.4, 0.5) is 4.39 Å². The maximum Gasteiger partial charge on any atom is 0.128 e. The molecule has 0 aromatic heterocycles. The van der Waals surface area contributed by atoms with Crippen LogP contribution in [0.3, 0.4) is 0 Å². The maximum absolute atomic E-state index is 13.6. The van der Waals surface area contributed by atoms with Crippen molar-refractivity contribution in [3.63, 3.8) is 0 Å². The molecule has 1 saturated carbocycles. The average molecular weight is 281 g/mol. The molecule has 0 heterocycles. The van der Waals surface area contributed by atoms with Crippen LogP contribution in [0, 0.1) is 5.82 Å². The zero-order chi connectivity index (χ0) is 14.4. The highest BCUT2D eigenvalue weighted by molar-refractivity contribution is 5.19. The second-order valence-electron chi connectivity index (χ2n) is 5.52. The van der Waals surface area contributed by atoms with E-state index in [0.717, 1.165) is 12.8 Å². The van der Waals surface area contributed by atoms with Gasteiger partial charge in [0, 0.05) is 24.7 Å². The molecule has 4 heteroatoms. The molecule has 112 valence electrons. The average Bonchev–Trinajstić information content (AvgIpc) is 2.97. The predicted octanol–water partition coefficient (Wildman–Crippen LogP) is 2.49. The number of rotatable bonds is 7. The minimum Gasteiger partial charge on any atom is -0.395 e. The lowest BCUT2D eigenvalue weighted by Crippen LogP contribution is -2.37. The fourth-order valence-corrected chi connectivity index (χ4v) is 3.06. The van der Waals surface area contributed by atoms with Crippen LogP contribution in [-0.4, -0.2) is 40.9 Å². The summed E-state index contributed by atoms with van der Waals surface area (Å²) < 4.78 is 13.6. The van der Waals surface area contributed by atoms with Gasteiger partial charge in [-0.25, -0.2) is 4.39 Å². The van der Waals surface area contributed by atoms with Crippen LogP contribution < -0.4 is 0 Å². The molecule has 1 aromatic carbocycles. The zero-order valence-corrected chi connectivity index (χ0v) is 11.8. The highest BCUT2D eigenvalue weighted by atomic mass is 19.1. The summed E-state index contributed by atoms with van der Waals surface area (Å²) in [5.41, 5.74) is 0.364. The fourth-order valence-electron chi connectivity index (χ4n) is 3.06. The van der Waals surface area contributed by atoms with E-state index in [9.17, 15) is 9.50 Å². The van der Waals surface area contributed by atoms with Gasteiger partial charge in [-0.3, -0.25) is 4.90 Å². The third-order valence-electron chi connectivity index (χ3n) is 4.18. The molecule has 1 fully saturated rings. The lowest BCUT2D eigenvalue weighted by Gasteiger charge is -2.29. The smallest absolute Gasteiger partial charge is 0.128 e. The van der Waals surface area contributed by atoms with E-state index < -0.39 is 6.10 Å². The highest BCUT2D eigenvalue weighted by Gasteiger charge is 2.23. The standard InChI is InChI=1S/C16H24FNO2/c17-15-8-4-3-7-14(15)16(20)9-10-18(11-12-19)13-5-1-2-6-13/h3-4,7-8,13,16,19-20H,1-2,5-6,9-12H2. The van der Waals surface area contributed by atoms with Crippen molar-refractivity contribution in [2.45, 2.75) is 44.2 Å². The summed E-state index contributed by atoms with van der Waals surface area (Å²) in [7, 11) is 0. The highest BCUT2D eigenvalue weighted by Crippen LogP contribution is 2.25. The molecule has 1 unspecified atom stereocenters. The van der Waals surface area contributed by atoms with Crippen LogP contribution in [-0.2, 0) is 0 Å². The van der Waals surface area contributed by atoms with Crippen molar-refractivity contribution < 1.29 is 14.6 Å². The molecule has 2 rings (SSSR count). The Kier molecular flexibility index (Phi) is 5.95. The normalized spacial score (nSPS) is 17.8. The predicted molar refractivity (Wildman–Crippen MR) is 76.9 cm³/mol. The van der Waals surface area contributed by atoms with E-state index in [2.05, 4.69) is 4.90 Å². The van der Waals surface area contributed by atoms with Crippen LogP contribution in [0.25, 0.3) is 0 Å². The zero-order valence-electron chi connectivity index (χ0n) is 11.8. The summed E-state index contributed by atoms with van der Waals surface area (Å²) in [5, 5.41) is 19.3. The van der Waals surface area contributed by atoms with Crippen molar-refractivity contribution in [3.05, 3.63) is 35.6 Å². The van der Waals surface area contributed by atoms with E-state index in [-0.39, 0.29) is 12.4 Å². The Bertz CT molecular complexity index is 407. The third-order valence-corrected chi connectivity index (χ3v) is 4.18. The molecule has 0 aliphatic heterocycles. The monoisotopic (exact) mass is 281 g/mol. The van der Waals surface area contributed by atoms with E-state index in [1.807, 2.05) is 0 Å².